The van der Waals surface area contributed by atoms with Gasteiger partial charge in [-0.2, -0.15) is 0 Å². The molecule has 0 aliphatic heterocycles. The van der Waals surface area contributed by atoms with Crippen LogP contribution in [0.3, 0.4) is 0 Å². The van der Waals surface area contributed by atoms with Crippen molar-refractivity contribution in [3.05, 3.63) is 71.4 Å². The molecule has 6 nitrogen and oxygen atoms in total. The Labute approximate surface area is 176 Å². The van der Waals surface area contributed by atoms with Gasteiger partial charge in [-0.05, 0) is 62.9 Å². The number of carboxylic acid groups (broad SMARTS) is 1. The lowest BCUT2D eigenvalue weighted by molar-refractivity contribution is 0.0231. The quantitative estimate of drug-likeness (QED) is 0.560. The number of rotatable bonds is 7. The van der Waals surface area contributed by atoms with Crippen molar-refractivity contribution in [2.45, 2.75) is 45.8 Å². The number of hydrogen-bond acceptors (Lipinski definition) is 3. The number of ether oxygens (including phenoxy) is 1. The van der Waals surface area contributed by atoms with Gasteiger partial charge in [0.1, 0.15) is 5.60 Å². The van der Waals surface area contributed by atoms with Crippen LogP contribution in [0.5, 0.6) is 0 Å². The third-order valence-corrected chi connectivity index (χ3v) is 4.78. The number of hydrogen-bond donors (Lipinski definition) is 2. The number of aromatic carboxylic acids is 1. The summed E-state index contributed by atoms with van der Waals surface area (Å²) in [5.41, 5.74) is 2.83. The van der Waals surface area contributed by atoms with E-state index in [4.69, 9.17) is 9.84 Å². The lowest BCUT2D eigenvalue weighted by atomic mass is 10.1. The summed E-state index contributed by atoms with van der Waals surface area (Å²) in [5.74, 6) is -0.968. The maximum Gasteiger partial charge on any atom is 0.410 e. The highest BCUT2D eigenvalue weighted by molar-refractivity contribution is 5.87. The molecule has 0 saturated carbocycles. The third kappa shape index (κ3) is 5.63. The smallest absolute Gasteiger partial charge is 0.410 e. The minimum atomic E-state index is -0.968. The van der Waals surface area contributed by atoms with Crippen molar-refractivity contribution in [2.75, 3.05) is 6.54 Å². The Bertz CT molecular complexity index is 1020. The number of benzene rings is 2. The van der Waals surface area contributed by atoms with Gasteiger partial charge >= 0.3 is 12.1 Å². The van der Waals surface area contributed by atoms with Crippen molar-refractivity contribution in [3.63, 3.8) is 0 Å². The Balaban J connectivity index is 1.68. The number of carbonyl (C=O) groups is 2. The van der Waals surface area contributed by atoms with E-state index in [9.17, 15) is 9.59 Å². The first-order valence-electron chi connectivity index (χ1n) is 10.1. The Morgan fingerprint density at radius 1 is 1.07 bits per heavy atom. The highest BCUT2D eigenvalue weighted by Crippen LogP contribution is 2.20. The molecule has 0 unspecified atom stereocenters. The number of nitrogens with zero attached hydrogens (tertiary/aromatic N) is 1. The van der Waals surface area contributed by atoms with Crippen molar-refractivity contribution < 1.29 is 19.4 Å². The molecule has 3 aromatic rings. The molecule has 0 bridgehead atoms. The predicted octanol–water partition coefficient (Wildman–Crippen LogP) is 5.24. The Hall–Kier alpha value is -3.28. The van der Waals surface area contributed by atoms with Crippen LogP contribution in [0.25, 0.3) is 10.9 Å². The average molecular weight is 408 g/mol. The molecule has 0 radical (unpaired) electrons. The SMILES string of the molecule is CC(C)(C)OC(=O)N(CCCc1c[nH]c2ccccc12)Cc1ccc(C(=O)O)cc1. The molecule has 6 heteroatoms. The number of carboxylic acids is 1. The fraction of sp³-hybridized carbons (Fsp3) is 0.333. The van der Waals surface area contributed by atoms with Crippen molar-refractivity contribution >= 4 is 23.0 Å². The second-order valence-corrected chi connectivity index (χ2v) is 8.37. The van der Waals surface area contributed by atoms with E-state index in [1.165, 1.54) is 10.9 Å². The topological polar surface area (TPSA) is 82.6 Å². The summed E-state index contributed by atoms with van der Waals surface area (Å²) < 4.78 is 5.58. The van der Waals surface area contributed by atoms with Crippen LogP contribution in [0.2, 0.25) is 0 Å². The predicted molar refractivity (Wildman–Crippen MR) is 117 cm³/mol. The number of aryl methyl sites for hydroxylation is 1. The van der Waals surface area contributed by atoms with E-state index in [1.807, 2.05) is 45.2 Å². The first-order chi connectivity index (χ1) is 14.2. The third-order valence-electron chi connectivity index (χ3n) is 4.78. The summed E-state index contributed by atoms with van der Waals surface area (Å²) >= 11 is 0. The highest BCUT2D eigenvalue weighted by Gasteiger charge is 2.22. The Morgan fingerprint density at radius 2 is 1.77 bits per heavy atom. The molecule has 2 N–H and O–H groups in total. The van der Waals surface area contributed by atoms with Crippen LogP contribution in [-0.4, -0.2) is 39.2 Å². The maximum absolute atomic E-state index is 12.7. The Kier molecular flexibility index (Phi) is 6.45. The van der Waals surface area contributed by atoms with Gasteiger partial charge in [-0.3, -0.25) is 0 Å². The lowest BCUT2D eigenvalue weighted by Crippen LogP contribution is -2.37. The number of fused-ring (bicyclic) bond motifs is 1. The zero-order chi connectivity index (χ0) is 21.7. The van der Waals surface area contributed by atoms with E-state index in [0.717, 1.165) is 23.9 Å². The molecule has 0 atom stereocenters. The van der Waals surface area contributed by atoms with Gasteiger partial charge in [-0.25, -0.2) is 9.59 Å². The number of nitrogens with one attached hydrogen (secondary N) is 1. The van der Waals surface area contributed by atoms with Crippen molar-refractivity contribution in [1.29, 1.82) is 0 Å². The molecule has 0 spiro atoms. The summed E-state index contributed by atoms with van der Waals surface area (Å²) in [5, 5.41) is 10.3. The number of H-pyrrole nitrogens is 1. The van der Waals surface area contributed by atoms with Gasteiger partial charge in [0.05, 0.1) is 5.56 Å². The van der Waals surface area contributed by atoms with Crippen molar-refractivity contribution in [1.82, 2.24) is 9.88 Å². The number of para-hydroxylation sites is 1. The van der Waals surface area contributed by atoms with E-state index < -0.39 is 11.6 Å². The maximum atomic E-state index is 12.7. The van der Waals surface area contributed by atoms with Gasteiger partial charge in [0.2, 0.25) is 0 Å². The van der Waals surface area contributed by atoms with Crippen molar-refractivity contribution in [2.24, 2.45) is 0 Å². The summed E-state index contributed by atoms with van der Waals surface area (Å²) in [6.45, 7) is 6.43. The molecular weight excluding hydrogens is 380 g/mol. The molecule has 0 fully saturated rings. The van der Waals surface area contributed by atoms with E-state index in [1.54, 1.807) is 29.2 Å². The van der Waals surface area contributed by atoms with E-state index >= 15 is 0 Å². The molecule has 0 saturated heterocycles. The van der Waals surface area contributed by atoms with Gasteiger partial charge in [-0.15, -0.1) is 0 Å². The molecule has 1 amide bonds. The van der Waals surface area contributed by atoms with Gasteiger partial charge in [-0.1, -0.05) is 30.3 Å². The number of aromatic amines is 1. The van der Waals surface area contributed by atoms with Crippen LogP contribution >= 0.6 is 0 Å². The second kappa shape index (κ2) is 9.03. The van der Waals surface area contributed by atoms with Gasteiger partial charge in [0, 0.05) is 30.2 Å². The number of carbonyl (C=O) groups excluding carboxylic acids is 1. The summed E-state index contributed by atoms with van der Waals surface area (Å²) in [6.07, 6.45) is 3.27. The highest BCUT2D eigenvalue weighted by atomic mass is 16.6. The molecule has 0 aliphatic carbocycles. The van der Waals surface area contributed by atoms with Gasteiger partial charge in [0.15, 0.2) is 0 Å². The van der Waals surface area contributed by atoms with Crippen LogP contribution in [0.1, 0.15) is 48.7 Å². The molecule has 2 aromatic carbocycles. The number of aromatic nitrogens is 1. The largest absolute Gasteiger partial charge is 0.478 e. The zero-order valence-electron chi connectivity index (χ0n) is 17.6. The number of amides is 1. The Morgan fingerprint density at radius 3 is 2.43 bits per heavy atom. The zero-order valence-corrected chi connectivity index (χ0v) is 17.6. The first-order valence-corrected chi connectivity index (χ1v) is 10.1. The molecule has 3 rings (SSSR count). The standard InChI is InChI=1S/C24H28N2O4/c1-24(2,3)30-23(29)26(16-17-10-12-18(13-11-17)22(27)28)14-6-7-19-15-25-21-9-5-4-8-20(19)21/h4-5,8-13,15,25H,6-7,14,16H2,1-3H3,(H,27,28). The fourth-order valence-corrected chi connectivity index (χ4v) is 3.33. The van der Waals surface area contributed by atoms with Crippen LogP contribution in [0.15, 0.2) is 54.7 Å². The second-order valence-electron chi connectivity index (χ2n) is 8.37. The first kappa shape index (κ1) is 21.4. The lowest BCUT2D eigenvalue weighted by Gasteiger charge is -2.27. The summed E-state index contributed by atoms with van der Waals surface area (Å²) in [6, 6.07) is 14.7. The fourth-order valence-electron chi connectivity index (χ4n) is 3.33. The summed E-state index contributed by atoms with van der Waals surface area (Å²) in [7, 11) is 0. The van der Waals surface area contributed by atoms with E-state index in [-0.39, 0.29) is 11.7 Å². The monoisotopic (exact) mass is 408 g/mol. The normalized spacial score (nSPS) is 11.4. The van der Waals surface area contributed by atoms with Crippen LogP contribution in [-0.2, 0) is 17.7 Å². The van der Waals surface area contributed by atoms with Crippen LogP contribution < -0.4 is 0 Å². The van der Waals surface area contributed by atoms with Crippen LogP contribution in [0.4, 0.5) is 4.79 Å². The molecular formula is C24H28N2O4. The van der Waals surface area contributed by atoms with Gasteiger partial charge in [0.25, 0.3) is 0 Å². The summed E-state index contributed by atoms with van der Waals surface area (Å²) in [4.78, 5) is 28.8. The van der Waals surface area contributed by atoms with Crippen LogP contribution in [0, 0.1) is 0 Å². The molecule has 1 heterocycles. The molecule has 158 valence electrons. The average Bonchev–Trinajstić information content (AvgIpc) is 3.09. The van der Waals surface area contributed by atoms with E-state index in [0.29, 0.717) is 13.1 Å². The molecule has 30 heavy (non-hydrogen) atoms. The van der Waals surface area contributed by atoms with Crippen molar-refractivity contribution in [3.8, 4) is 0 Å². The molecule has 1 aromatic heterocycles. The van der Waals surface area contributed by atoms with E-state index in [2.05, 4.69) is 11.1 Å². The minimum absolute atomic E-state index is 0.224. The minimum Gasteiger partial charge on any atom is -0.478 e. The van der Waals surface area contributed by atoms with Gasteiger partial charge < -0.3 is 19.7 Å². The molecule has 0 aliphatic rings.